The van der Waals surface area contributed by atoms with Crippen molar-refractivity contribution >= 4 is 5.96 Å². The highest BCUT2D eigenvalue weighted by Gasteiger charge is 2.19. The van der Waals surface area contributed by atoms with Crippen LogP contribution in [-0.4, -0.2) is 25.1 Å². The van der Waals surface area contributed by atoms with Crippen LogP contribution >= 0.6 is 0 Å². The molecule has 0 saturated heterocycles. The third kappa shape index (κ3) is 5.01. The predicted molar refractivity (Wildman–Crippen MR) is 95.2 cm³/mol. The van der Waals surface area contributed by atoms with E-state index in [1.54, 1.807) is 20.4 Å². The van der Waals surface area contributed by atoms with E-state index in [0.717, 1.165) is 17.1 Å². The van der Waals surface area contributed by atoms with Gasteiger partial charge in [-0.15, -0.1) is 0 Å². The van der Waals surface area contributed by atoms with E-state index in [1.165, 1.54) is 0 Å². The van der Waals surface area contributed by atoms with Crippen LogP contribution in [0.5, 0.6) is 5.75 Å². The third-order valence-corrected chi connectivity index (χ3v) is 3.54. The first kappa shape index (κ1) is 17.8. The van der Waals surface area contributed by atoms with E-state index in [0.29, 0.717) is 24.9 Å². The lowest BCUT2D eigenvalue weighted by molar-refractivity contribution is 0.379. The Morgan fingerprint density at radius 1 is 1.17 bits per heavy atom. The zero-order valence-corrected chi connectivity index (χ0v) is 15.0. The molecule has 0 fully saturated rings. The lowest BCUT2D eigenvalue weighted by Crippen LogP contribution is -2.36. The van der Waals surface area contributed by atoms with E-state index in [-0.39, 0.29) is 5.41 Å². The average molecular weight is 330 g/mol. The van der Waals surface area contributed by atoms with Crippen molar-refractivity contribution in [3.05, 3.63) is 47.7 Å². The summed E-state index contributed by atoms with van der Waals surface area (Å²) in [5.74, 6) is 3.06. The summed E-state index contributed by atoms with van der Waals surface area (Å²) in [6.45, 7) is 7.45. The molecule has 1 aromatic carbocycles. The molecule has 0 aliphatic carbocycles. The minimum Gasteiger partial charge on any atom is -0.497 e. The van der Waals surface area contributed by atoms with Gasteiger partial charge in [0.2, 0.25) is 5.89 Å². The van der Waals surface area contributed by atoms with E-state index in [9.17, 15) is 0 Å². The molecule has 2 N–H and O–H groups in total. The van der Waals surface area contributed by atoms with Gasteiger partial charge in [-0.2, -0.15) is 0 Å². The van der Waals surface area contributed by atoms with Crippen molar-refractivity contribution in [2.45, 2.75) is 39.3 Å². The molecule has 0 saturated carbocycles. The molecule has 0 bridgehead atoms. The van der Waals surface area contributed by atoms with Crippen molar-refractivity contribution in [3.63, 3.8) is 0 Å². The van der Waals surface area contributed by atoms with Gasteiger partial charge >= 0.3 is 0 Å². The van der Waals surface area contributed by atoms with Crippen LogP contribution in [-0.2, 0) is 18.5 Å². The van der Waals surface area contributed by atoms with Crippen LogP contribution in [0.2, 0.25) is 0 Å². The topological polar surface area (TPSA) is 71.7 Å². The summed E-state index contributed by atoms with van der Waals surface area (Å²) in [5.41, 5.74) is 1.10. The Bertz CT molecular complexity index is 669. The van der Waals surface area contributed by atoms with E-state index in [2.05, 4.69) is 41.4 Å². The van der Waals surface area contributed by atoms with Crippen molar-refractivity contribution in [2.75, 3.05) is 14.2 Å². The van der Waals surface area contributed by atoms with Crippen molar-refractivity contribution < 1.29 is 9.15 Å². The minimum absolute atomic E-state index is 0.0421. The maximum Gasteiger partial charge on any atom is 0.213 e. The molecule has 0 atom stereocenters. The van der Waals surface area contributed by atoms with Crippen molar-refractivity contribution in [2.24, 2.45) is 4.99 Å². The molecule has 0 unspecified atom stereocenters. The molecule has 1 aromatic heterocycles. The number of nitrogens with one attached hydrogen (secondary N) is 2. The van der Waals surface area contributed by atoms with Gasteiger partial charge < -0.3 is 19.8 Å². The number of oxazole rings is 1. The van der Waals surface area contributed by atoms with E-state index in [4.69, 9.17) is 9.15 Å². The number of guanidine groups is 1. The van der Waals surface area contributed by atoms with Crippen LogP contribution in [0.25, 0.3) is 0 Å². The molecule has 6 nitrogen and oxygen atoms in total. The SMILES string of the molecule is CN=C(NCc1ccc(OC)cc1)NCc1ncc(C(C)(C)C)o1. The summed E-state index contributed by atoms with van der Waals surface area (Å²) < 4.78 is 10.9. The van der Waals surface area contributed by atoms with Gasteiger partial charge in [0, 0.05) is 19.0 Å². The second kappa shape index (κ2) is 7.86. The van der Waals surface area contributed by atoms with Crippen LogP contribution < -0.4 is 15.4 Å². The van der Waals surface area contributed by atoms with Crippen LogP contribution in [0.1, 0.15) is 38.0 Å². The fraction of sp³-hybridized carbons (Fsp3) is 0.444. The molecule has 2 rings (SSSR count). The van der Waals surface area contributed by atoms with Gasteiger partial charge in [0.05, 0.1) is 19.9 Å². The molecule has 1 heterocycles. The summed E-state index contributed by atoms with van der Waals surface area (Å²) in [4.78, 5) is 8.51. The van der Waals surface area contributed by atoms with Gasteiger partial charge in [-0.1, -0.05) is 32.9 Å². The van der Waals surface area contributed by atoms with E-state index >= 15 is 0 Å². The third-order valence-electron chi connectivity index (χ3n) is 3.54. The van der Waals surface area contributed by atoms with Crippen molar-refractivity contribution in [1.82, 2.24) is 15.6 Å². The molecule has 130 valence electrons. The molecule has 0 spiro atoms. The molecule has 0 aliphatic rings. The van der Waals surface area contributed by atoms with E-state index < -0.39 is 0 Å². The number of methoxy groups -OCH3 is 1. The summed E-state index contributed by atoms with van der Waals surface area (Å²) in [5, 5.41) is 6.46. The highest BCUT2D eigenvalue weighted by atomic mass is 16.5. The number of aliphatic imine (C=N–C) groups is 1. The van der Waals surface area contributed by atoms with Gasteiger partial charge in [0.15, 0.2) is 5.96 Å². The number of aromatic nitrogens is 1. The molecule has 0 aliphatic heterocycles. The lowest BCUT2D eigenvalue weighted by atomic mass is 9.94. The van der Waals surface area contributed by atoms with Crippen LogP contribution in [0.15, 0.2) is 39.9 Å². The zero-order valence-electron chi connectivity index (χ0n) is 15.0. The molecule has 2 aromatic rings. The smallest absolute Gasteiger partial charge is 0.213 e. The van der Waals surface area contributed by atoms with Crippen LogP contribution in [0.3, 0.4) is 0 Å². The Morgan fingerprint density at radius 3 is 2.38 bits per heavy atom. The zero-order chi connectivity index (χ0) is 17.6. The lowest BCUT2D eigenvalue weighted by Gasteiger charge is -2.13. The molecular formula is C18H26N4O2. The first-order chi connectivity index (χ1) is 11.4. The van der Waals surface area contributed by atoms with Crippen LogP contribution in [0.4, 0.5) is 0 Å². The van der Waals surface area contributed by atoms with Gasteiger partial charge in [-0.05, 0) is 17.7 Å². The standard InChI is InChI=1S/C18H26N4O2/c1-18(2,3)15-11-20-16(24-15)12-22-17(19-4)21-10-13-6-8-14(23-5)9-7-13/h6-9,11H,10,12H2,1-5H3,(H2,19,21,22). The first-order valence-electron chi connectivity index (χ1n) is 7.95. The maximum absolute atomic E-state index is 5.76. The van der Waals surface area contributed by atoms with Gasteiger partial charge in [-0.25, -0.2) is 4.98 Å². The van der Waals surface area contributed by atoms with Crippen molar-refractivity contribution in [1.29, 1.82) is 0 Å². The summed E-state index contributed by atoms with van der Waals surface area (Å²) >= 11 is 0. The molecular weight excluding hydrogens is 304 g/mol. The number of hydrogen-bond donors (Lipinski definition) is 2. The first-order valence-corrected chi connectivity index (χ1v) is 7.95. The molecule has 0 radical (unpaired) electrons. The normalized spacial score (nSPS) is 12.1. The Balaban J connectivity index is 1.85. The Labute approximate surface area is 143 Å². The highest BCUT2D eigenvalue weighted by molar-refractivity contribution is 5.79. The molecule has 0 amide bonds. The van der Waals surface area contributed by atoms with Gasteiger partial charge in [0.25, 0.3) is 0 Å². The summed E-state index contributed by atoms with van der Waals surface area (Å²) in [6, 6.07) is 7.91. The fourth-order valence-electron chi connectivity index (χ4n) is 2.05. The monoisotopic (exact) mass is 330 g/mol. The average Bonchev–Trinajstić information content (AvgIpc) is 3.05. The number of hydrogen-bond acceptors (Lipinski definition) is 4. The predicted octanol–water partition coefficient (Wildman–Crippen LogP) is 2.85. The fourth-order valence-corrected chi connectivity index (χ4v) is 2.05. The summed E-state index contributed by atoms with van der Waals surface area (Å²) in [6.07, 6.45) is 1.78. The molecule has 24 heavy (non-hydrogen) atoms. The minimum atomic E-state index is -0.0421. The molecule has 6 heteroatoms. The maximum atomic E-state index is 5.76. The Morgan fingerprint density at radius 2 is 1.83 bits per heavy atom. The van der Waals surface area contributed by atoms with Crippen molar-refractivity contribution in [3.8, 4) is 5.75 Å². The second-order valence-electron chi connectivity index (χ2n) is 6.50. The number of rotatable bonds is 5. The number of ether oxygens (including phenoxy) is 1. The second-order valence-corrected chi connectivity index (χ2v) is 6.50. The largest absolute Gasteiger partial charge is 0.497 e. The van der Waals surface area contributed by atoms with Gasteiger partial charge in [-0.3, -0.25) is 4.99 Å². The quantitative estimate of drug-likeness (QED) is 0.651. The van der Waals surface area contributed by atoms with Crippen LogP contribution in [0, 0.1) is 0 Å². The Kier molecular flexibility index (Phi) is 5.84. The Hall–Kier alpha value is -2.50. The van der Waals surface area contributed by atoms with Gasteiger partial charge in [0.1, 0.15) is 11.5 Å². The summed E-state index contributed by atoms with van der Waals surface area (Å²) in [7, 11) is 3.40. The highest BCUT2D eigenvalue weighted by Crippen LogP contribution is 2.22. The number of nitrogens with zero attached hydrogens (tertiary/aromatic N) is 2. The number of benzene rings is 1. The van der Waals surface area contributed by atoms with E-state index in [1.807, 2.05) is 24.3 Å².